The van der Waals surface area contributed by atoms with Crippen LogP contribution in [0.2, 0.25) is 0 Å². The van der Waals surface area contributed by atoms with E-state index in [1.807, 2.05) is 6.92 Å². The van der Waals surface area contributed by atoms with E-state index < -0.39 is 11.6 Å². The molecule has 0 aliphatic carbocycles. The van der Waals surface area contributed by atoms with E-state index in [2.05, 4.69) is 0 Å². The molecule has 0 radical (unpaired) electrons. The number of aryl methyl sites for hydroxylation is 3. The van der Waals surface area contributed by atoms with Gasteiger partial charge in [0.2, 0.25) is 0 Å². The van der Waals surface area contributed by atoms with Gasteiger partial charge in [0.05, 0.1) is 0 Å². The van der Waals surface area contributed by atoms with Crippen LogP contribution in [0.15, 0.2) is 36.4 Å². The average Bonchev–Trinajstić information content (AvgIpc) is 2.42. The number of rotatable bonds is 2. The number of phenolic OH excluding ortho intramolecular Hbond substituents is 1. The number of halogens is 3. The largest absolute Gasteiger partial charge is 0.508 e. The normalized spacial score (nSPS) is 14.7. The first kappa shape index (κ1) is 16.4. The summed E-state index contributed by atoms with van der Waals surface area (Å²) in [5.41, 5.74) is 0.340. The second-order valence-corrected chi connectivity index (χ2v) is 5.92. The lowest BCUT2D eigenvalue weighted by Gasteiger charge is -2.34. The maximum absolute atomic E-state index is 13.9. The minimum Gasteiger partial charge on any atom is -0.508 e. The van der Waals surface area contributed by atoms with Gasteiger partial charge >= 0.3 is 6.18 Å². The van der Waals surface area contributed by atoms with E-state index in [1.165, 1.54) is 24.3 Å². The molecule has 0 saturated carbocycles. The molecule has 2 rings (SSSR count). The van der Waals surface area contributed by atoms with E-state index >= 15 is 0 Å². The highest BCUT2D eigenvalue weighted by molar-refractivity contribution is 5.47. The Balaban J connectivity index is 2.72. The molecule has 1 N–H and O–H groups in total. The lowest BCUT2D eigenvalue weighted by atomic mass is 9.74. The quantitative estimate of drug-likeness (QED) is 0.810. The van der Waals surface area contributed by atoms with Crippen LogP contribution in [-0.4, -0.2) is 11.3 Å². The number of hydrogen-bond donors (Lipinski definition) is 1. The molecular formula is C18H19F3O. The molecule has 0 aliphatic heterocycles. The Morgan fingerprint density at radius 1 is 0.773 bits per heavy atom. The van der Waals surface area contributed by atoms with Gasteiger partial charge in [-0.25, -0.2) is 0 Å². The Labute approximate surface area is 128 Å². The Hall–Kier alpha value is -1.97. The van der Waals surface area contributed by atoms with Crippen molar-refractivity contribution < 1.29 is 18.3 Å². The van der Waals surface area contributed by atoms with E-state index in [0.717, 1.165) is 18.1 Å². The van der Waals surface area contributed by atoms with Crippen LogP contribution in [0.5, 0.6) is 5.75 Å². The van der Waals surface area contributed by atoms with Crippen LogP contribution in [-0.2, 0) is 5.41 Å². The van der Waals surface area contributed by atoms with Gasteiger partial charge in [0.25, 0.3) is 0 Å². The van der Waals surface area contributed by atoms with E-state index in [1.54, 1.807) is 26.0 Å². The minimum absolute atomic E-state index is 0.0337. The Bertz CT molecular complexity index is 650. The third-order valence-electron chi connectivity index (χ3n) is 4.44. The zero-order chi connectivity index (χ0) is 16.7. The van der Waals surface area contributed by atoms with Crippen molar-refractivity contribution in [2.24, 2.45) is 0 Å². The van der Waals surface area contributed by atoms with Crippen LogP contribution in [0.4, 0.5) is 13.2 Å². The second-order valence-electron chi connectivity index (χ2n) is 5.92. The van der Waals surface area contributed by atoms with Gasteiger partial charge in [-0.3, -0.25) is 0 Å². The third kappa shape index (κ3) is 2.58. The minimum atomic E-state index is -4.48. The Kier molecular flexibility index (Phi) is 3.98. The molecule has 4 heteroatoms. The maximum atomic E-state index is 13.9. The van der Waals surface area contributed by atoms with Gasteiger partial charge in [0.15, 0.2) is 0 Å². The molecule has 0 fully saturated rings. The van der Waals surface area contributed by atoms with Crippen LogP contribution in [0.25, 0.3) is 0 Å². The fourth-order valence-corrected chi connectivity index (χ4v) is 2.47. The molecule has 1 unspecified atom stereocenters. The fourth-order valence-electron chi connectivity index (χ4n) is 2.47. The molecule has 0 spiro atoms. The van der Waals surface area contributed by atoms with Crippen molar-refractivity contribution >= 4 is 0 Å². The van der Waals surface area contributed by atoms with Crippen LogP contribution in [0.3, 0.4) is 0 Å². The van der Waals surface area contributed by atoms with Gasteiger partial charge in [-0.15, -0.1) is 0 Å². The van der Waals surface area contributed by atoms with Gasteiger partial charge in [0, 0.05) is 0 Å². The zero-order valence-corrected chi connectivity index (χ0v) is 13.0. The predicted molar refractivity (Wildman–Crippen MR) is 81.3 cm³/mol. The van der Waals surface area contributed by atoms with Gasteiger partial charge in [0.1, 0.15) is 11.2 Å². The predicted octanol–water partition coefficient (Wildman–Crippen LogP) is 5.19. The number of aromatic hydroxyl groups is 1. The molecule has 0 aliphatic rings. The van der Waals surface area contributed by atoms with E-state index in [0.29, 0.717) is 5.56 Å². The summed E-state index contributed by atoms with van der Waals surface area (Å²) in [6.07, 6.45) is -4.48. The van der Waals surface area contributed by atoms with E-state index in [-0.39, 0.29) is 16.9 Å². The van der Waals surface area contributed by atoms with Crippen LogP contribution in [0.1, 0.15) is 34.7 Å². The molecular weight excluding hydrogens is 289 g/mol. The smallest absolute Gasteiger partial charge is 0.402 e. The highest BCUT2D eigenvalue weighted by atomic mass is 19.4. The Morgan fingerprint density at radius 3 is 1.73 bits per heavy atom. The maximum Gasteiger partial charge on any atom is 0.402 e. The second kappa shape index (κ2) is 5.34. The van der Waals surface area contributed by atoms with Crippen LogP contribution < -0.4 is 0 Å². The van der Waals surface area contributed by atoms with E-state index in [4.69, 9.17) is 0 Å². The molecule has 0 saturated heterocycles. The molecule has 2 aromatic rings. The zero-order valence-electron chi connectivity index (χ0n) is 13.0. The van der Waals surface area contributed by atoms with Gasteiger partial charge in [-0.2, -0.15) is 13.2 Å². The number of alkyl halides is 3. The molecule has 0 aromatic heterocycles. The van der Waals surface area contributed by atoms with Crippen molar-refractivity contribution in [3.8, 4) is 5.75 Å². The van der Waals surface area contributed by atoms with Crippen molar-refractivity contribution in [3.05, 3.63) is 64.2 Å². The summed E-state index contributed by atoms with van der Waals surface area (Å²) in [4.78, 5) is 0. The number of benzene rings is 2. The molecule has 0 amide bonds. The summed E-state index contributed by atoms with van der Waals surface area (Å²) in [5, 5.41) is 9.81. The van der Waals surface area contributed by atoms with Crippen molar-refractivity contribution in [3.63, 3.8) is 0 Å². The molecule has 22 heavy (non-hydrogen) atoms. The first-order chi connectivity index (χ1) is 10.1. The van der Waals surface area contributed by atoms with Gasteiger partial charge in [-0.1, -0.05) is 30.3 Å². The third-order valence-corrected chi connectivity index (χ3v) is 4.44. The molecule has 1 nitrogen and oxygen atoms in total. The van der Waals surface area contributed by atoms with Crippen molar-refractivity contribution in [2.75, 3.05) is 0 Å². The fraction of sp³-hybridized carbons (Fsp3) is 0.333. The van der Waals surface area contributed by atoms with Gasteiger partial charge < -0.3 is 5.11 Å². The summed E-state index contributed by atoms with van der Waals surface area (Å²) in [6.45, 7) is 6.46. The number of hydrogen-bond acceptors (Lipinski definition) is 1. The van der Waals surface area contributed by atoms with Crippen LogP contribution in [0, 0.1) is 20.8 Å². The summed E-state index contributed by atoms with van der Waals surface area (Å²) in [5.74, 6) is -0.128. The summed E-state index contributed by atoms with van der Waals surface area (Å²) >= 11 is 0. The lowest BCUT2D eigenvalue weighted by molar-refractivity contribution is -0.173. The van der Waals surface area contributed by atoms with Crippen molar-refractivity contribution in [1.82, 2.24) is 0 Å². The standard InChI is InChI=1S/C18H19F3O/c1-11-5-7-14(9-13(11)3)17(4,18(19,20)21)15-8-6-12(2)16(22)10-15/h5-10,22H,1-4H3. The summed E-state index contributed by atoms with van der Waals surface area (Å²) < 4.78 is 41.6. The molecule has 118 valence electrons. The summed E-state index contributed by atoms with van der Waals surface area (Å²) in [7, 11) is 0. The van der Waals surface area contributed by atoms with Gasteiger partial charge in [-0.05, 0) is 61.6 Å². The lowest BCUT2D eigenvalue weighted by Crippen LogP contribution is -2.40. The molecule has 0 bridgehead atoms. The monoisotopic (exact) mass is 308 g/mol. The highest BCUT2D eigenvalue weighted by Gasteiger charge is 2.53. The summed E-state index contributed by atoms with van der Waals surface area (Å²) in [6, 6.07) is 8.92. The average molecular weight is 308 g/mol. The molecule has 0 heterocycles. The van der Waals surface area contributed by atoms with Crippen molar-refractivity contribution in [1.29, 1.82) is 0 Å². The topological polar surface area (TPSA) is 20.2 Å². The van der Waals surface area contributed by atoms with E-state index in [9.17, 15) is 18.3 Å². The van der Waals surface area contributed by atoms with Crippen molar-refractivity contribution in [2.45, 2.75) is 39.3 Å². The first-order valence-electron chi connectivity index (χ1n) is 7.02. The molecule has 1 atom stereocenters. The Morgan fingerprint density at radius 2 is 1.27 bits per heavy atom. The first-order valence-corrected chi connectivity index (χ1v) is 7.02. The SMILES string of the molecule is Cc1ccc(C(C)(c2ccc(C)c(O)c2)C(F)(F)F)cc1C. The highest BCUT2D eigenvalue weighted by Crippen LogP contribution is 2.47. The van der Waals surface area contributed by atoms with Crippen LogP contribution >= 0.6 is 0 Å². The molecule has 2 aromatic carbocycles. The number of phenols is 1.